The molecule has 48 heavy (non-hydrogen) atoms. The highest BCUT2D eigenvalue weighted by Crippen LogP contribution is 2.45. The smallest absolute Gasteiger partial charge is 0.166 e. The highest BCUT2D eigenvalue weighted by Gasteiger charge is 2.41. The zero-order chi connectivity index (χ0) is 34.8. The standard InChI is InChI=1S/C21H21F2NO2.C17H11F2NO2/c1-20(2,3)21(4,25)18-15(22)8-6-10-17(18)26-14-11-13-7-5-9-16(23)19(13)24-12-14;1-10(21)16-13(18)5-3-7-15(16)22-12-8-11-4-2-6-14(19)17(11)20-9-12/h5-12,25H,1-4H3;2-9H,1H3. The van der Waals surface area contributed by atoms with Gasteiger partial charge in [0, 0.05) is 10.8 Å². The van der Waals surface area contributed by atoms with Gasteiger partial charge in [-0.25, -0.2) is 27.5 Å². The van der Waals surface area contributed by atoms with E-state index in [1.165, 1.54) is 61.8 Å². The number of ether oxygens (including phenoxy) is 2. The van der Waals surface area contributed by atoms with E-state index in [0.717, 1.165) is 0 Å². The SMILES string of the molecule is CC(=O)c1c(F)cccc1Oc1cnc2c(F)cccc2c1.CC(C)(C)C(C)(O)c1c(F)cccc1Oc1cnc2c(F)cccc2c1. The molecule has 2 heterocycles. The number of carbonyl (C=O) groups is 1. The van der Waals surface area contributed by atoms with E-state index >= 15 is 0 Å². The molecule has 1 unspecified atom stereocenters. The Morgan fingerprint density at radius 3 is 1.58 bits per heavy atom. The number of aromatic nitrogens is 2. The van der Waals surface area contributed by atoms with Crippen molar-refractivity contribution in [3.05, 3.63) is 132 Å². The number of nitrogens with zero attached hydrogens (tertiary/aromatic N) is 2. The number of pyridine rings is 2. The Morgan fingerprint density at radius 2 is 1.08 bits per heavy atom. The first-order chi connectivity index (χ1) is 22.7. The van der Waals surface area contributed by atoms with E-state index in [-0.39, 0.29) is 33.7 Å². The van der Waals surface area contributed by atoms with Crippen molar-refractivity contribution in [1.29, 1.82) is 0 Å². The second-order valence-electron chi connectivity index (χ2n) is 12.3. The second-order valence-corrected chi connectivity index (χ2v) is 12.3. The number of para-hydroxylation sites is 2. The molecule has 4 aromatic carbocycles. The number of benzene rings is 4. The first-order valence-corrected chi connectivity index (χ1v) is 14.9. The van der Waals surface area contributed by atoms with Gasteiger partial charge in [0.05, 0.1) is 29.1 Å². The normalized spacial score (nSPS) is 12.6. The molecule has 2 aromatic heterocycles. The zero-order valence-electron chi connectivity index (χ0n) is 26.8. The summed E-state index contributed by atoms with van der Waals surface area (Å²) in [5.74, 6) is -1.56. The lowest BCUT2D eigenvalue weighted by Crippen LogP contribution is -2.38. The fraction of sp³-hybridized carbons (Fsp3) is 0.184. The van der Waals surface area contributed by atoms with E-state index in [2.05, 4.69) is 9.97 Å². The Morgan fingerprint density at radius 1 is 0.646 bits per heavy atom. The number of hydrogen-bond acceptors (Lipinski definition) is 6. The average molecular weight is 657 g/mol. The number of fused-ring (bicyclic) bond motifs is 2. The first kappa shape index (κ1) is 34.0. The van der Waals surface area contributed by atoms with Gasteiger partial charge in [0.25, 0.3) is 0 Å². The lowest BCUT2D eigenvalue weighted by molar-refractivity contribution is -0.0510. The lowest BCUT2D eigenvalue weighted by Gasteiger charge is -2.38. The van der Waals surface area contributed by atoms with Gasteiger partial charge in [0.1, 0.15) is 57.3 Å². The van der Waals surface area contributed by atoms with Crippen LogP contribution in [0.1, 0.15) is 50.5 Å². The highest BCUT2D eigenvalue weighted by atomic mass is 19.1. The van der Waals surface area contributed by atoms with Crippen LogP contribution in [0.5, 0.6) is 23.0 Å². The van der Waals surface area contributed by atoms with Crippen molar-refractivity contribution in [2.24, 2.45) is 5.41 Å². The van der Waals surface area contributed by atoms with Gasteiger partial charge < -0.3 is 14.6 Å². The topological polar surface area (TPSA) is 81.5 Å². The molecule has 6 aromatic rings. The van der Waals surface area contributed by atoms with E-state index in [1.807, 2.05) is 20.8 Å². The van der Waals surface area contributed by atoms with Gasteiger partial charge in [-0.3, -0.25) is 4.79 Å². The van der Waals surface area contributed by atoms with E-state index in [9.17, 15) is 27.5 Å². The molecule has 0 spiro atoms. The van der Waals surface area contributed by atoms with E-state index in [4.69, 9.17) is 9.47 Å². The average Bonchev–Trinajstić information content (AvgIpc) is 3.01. The minimum atomic E-state index is -1.47. The number of carbonyl (C=O) groups excluding carboxylic acids is 1. The number of ketones is 1. The third-order valence-corrected chi connectivity index (χ3v) is 7.98. The molecular weight excluding hydrogens is 624 g/mol. The third-order valence-electron chi connectivity index (χ3n) is 7.98. The maximum absolute atomic E-state index is 14.6. The molecule has 10 heteroatoms. The first-order valence-electron chi connectivity index (χ1n) is 14.9. The fourth-order valence-corrected chi connectivity index (χ4v) is 4.94. The van der Waals surface area contributed by atoms with Crippen molar-refractivity contribution in [1.82, 2.24) is 9.97 Å². The van der Waals surface area contributed by atoms with Crippen molar-refractivity contribution >= 4 is 27.6 Å². The van der Waals surface area contributed by atoms with Crippen LogP contribution < -0.4 is 9.47 Å². The van der Waals surface area contributed by atoms with Crippen LogP contribution in [0.15, 0.2) is 97.3 Å². The third kappa shape index (κ3) is 6.99. The monoisotopic (exact) mass is 656 g/mol. The Hall–Kier alpha value is -5.35. The molecule has 0 aliphatic rings. The number of halogens is 4. The van der Waals surface area contributed by atoms with Crippen molar-refractivity contribution in [3.63, 3.8) is 0 Å². The van der Waals surface area contributed by atoms with Gasteiger partial charge in [-0.1, -0.05) is 57.2 Å². The van der Waals surface area contributed by atoms with Gasteiger partial charge in [-0.2, -0.15) is 0 Å². The summed E-state index contributed by atoms with van der Waals surface area (Å²) in [4.78, 5) is 19.6. The highest BCUT2D eigenvalue weighted by molar-refractivity contribution is 5.97. The molecule has 0 saturated carbocycles. The van der Waals surface area contributed by atoms with Crippen LogP contribution in [0.2, 0.25) is 0 Å². The van der Waals surface area contributed by atoms with Crippen LogP contribution in [-0.4, -0.2) is 20.9 Å². The molecule has 0 aliphatic heterocycles. The van der Waals surface area contributed by atoms with Gasteiger partial charge >= 0.3 is 0 Å². The molecule has 0 amide bonds. The summed E-state index contributed by atoms with van der Waals surface area (Å²) < 4.78 is 67.0. The maximum Gasteiger partial charge on any atom is 0.166 e. The number of Topliss-reactive ketones (excluding diaryl/α,β-unsaturated/α-hetero) is 1. The van der Waals surface area contributed by atoms with Crippen molar-refractivity contribution in [2.75, 3.05) is 0 Å². The largest absolute Gasteiger partial charge is 0.455 e. The van der Waals surface area contributed by atoms with Crippen LogP contribution in [0, 0.1) is 28.7 Å². The summed E-state index contributed by atoms with van der Waals surface area (Å²) in [6.07, 6.45) is 2.71. The molecular formula is C38H32F4N2O4. The maximum atomic E-state index is 14.6. The summed E-state index contributed by atoms with van der Waals surface area (Å²) in [5.41, 5.74) is -1.68. The second kappa shape index (κ2) is 13.4. The van der Waals surface area contributed by atoms with E-state index in [0.29, 0.717) is 22.3 Å². The number of aliphatic hydroxyl groups is 1. The van der Waals surface area contributed by atoms with Gasteiger partial charge in [-0.15, -0.1) is 0 Å². The van der Waals surface area contributed by atoms with Gasteiger partial charge in [-0.05, 0) is 67.8 Å². The molecule has 0 radical (unpaired) electrons. The summed E-state index contributed by atoms with van der Waals surface area (Å²) in [7, 11) is 0. The molecule has 0 saturated heterocycles. The van der Waals surface area contributed by atoms with Crippen LogP contribution in [0.3, 0.4) is 0 Å². The van der Waals surface area contributed by atoms with Crippen LogP contribution >= 0.6 is 0 Å². The van der Waals surface area contributed by atoms with Crippen LogP contribution in [-0.2, 0) is 5.60 Å². The van der Waals surface area contributed by atoms with Crippen molar-refractivity contribution in [2.45, 2.75) is 40.2 Å². The zero-order valence-corrected chi connectivity index (χ0v) is 26.8. The lowest BCUT2D eigenvalue weighted by atomic mass is 9.73. The van der Waals surface area contributed by atoms with E-state index < -0.39 is 40.1 Å². The molecule has 6 rings (SSSR count). The quantitative estimate of drug-likeness (QED) is 0.142. The molecule has 6 nitrogen and oxygen atoms in total. The molecule has 246 valence electrons. The van der Waals surface area contributed by atoms with Crippen molar-refractivity contribution in [3.8, 4) is 23.0 Å². The minimum absolute atomic E-state index is 0.0758. The van der Waals surface area contributed by atoms with Crippen molar-refractivity contribution < 1.29 is 36.9 Å². The Balaban J connectivity index is 0.000000190. The Kier molecular flexibility index (Phi) is 9.50. The summed E-state index contributed by atoms with van der Waals surface area (Å²) in [6, 6.07) is 21.0. The predicted octanol–water partition coefficient (Wildman–Crippen LogP) is 10.1. The number of rotatable bonds is 6. The fourth-order valence-electron chi connectivity index (χ4n) is 4.94. The summed E-state index contributed by atoms with van der Waals surface area (Å²) in [5, 5.41) is 12.1. The van der Waals surface area contributed by atoms with Gasteiger partial charge in [0.2, 0.25) is 0 Å². The van der Waals surface area contributed by atoms with E-state index in [1.54, 1.807) is 49.4 Å². The summed E-state index contributed by atoms with van der Waals surface area (Å²) in [6.45, 7) is 8.29. The predicted molar refractivity (Wildman–Crippen MR) is 175 cm³/mol. The molecule has 0 aliphatic carbocycles. The van der Waals surface area contributed by atoms with Gasteiger partial charge in [0.15, 0.2) is 5.78 Å². The van der Waals surface area contributed by atoms with Crippen LogP contribution in [0.25, 0.3) is 21.8 Å². The molecule has 0 bridgehead atoms. The minimum Gasteiger partial charge on any atom is -0.455 e. The molecule has 1 atom stereocenters. The molecule has 1 N–H and O–H groups in total. The van der Waals surface area contributed by atoms with Crippen LogP contribution in [0.4, 0.5) is 17.6 Å². The summed E-state index contributed by atoms with van der Waals surface area (Å²) >= 11 is 0. The number of hydrogen-bond donors (Lipinski definition) is 1. The Labute approximate surface area is 274 Å². The molecule has 0 fully saturated rings. The Bertz CT molecular complexity index is 2140.